The maximum Gasteiger partial charge on any atom is 0.415 e. The number of alkyl halides is 1. The minimum atomic E-state index is -1.02. The number of nitrogens with zero attached hydrogens (tertiary/aromatic N) is 2. The van der Waals surface area contributed by atoms with Crippen LogP contribution in [0, 0.1) is 0 Å². The lowest BCUT2D eigenvalue weighted by atomic mass is 10.1. The van der Waals surface area contributed by atoms with Crippen molar-refractivity contribution >= 4 is 17.7 Å². The molecule has 1 amide bonds. The van der Waals surface area contributed by atoms with Crippen molar-refractivity contribution in [3.8, 4) is 0 Å². The van der Waals surface area contributed by atoms with Gasteiger partial charge < -0.3 is 9.47 Å². The van der Waals surface area contributed by atoms with E-state index in [0.29, 0.717) is 18.7 Å². The summed E-state index contributed by atoms with van der Waals surface area (Å²) in [4.78, 5) is 26.8. The Bertz CT molecular complexity index is 583. The molecule has 2 fully saturated rings. The van der Waals surface area contributed by atoms with Gasteiger partial charge in [-0.1, -0.05) is 18.2 Å². The topological polar surface area (TPSA) is 59.1 Å². The van der Waals surface area contributed by atoms with Crippen LogP contribution in [0.25, 0.3) is 0 Å². The summed E-state index contributed by atoms with van der Waals surface area (Å²) >= 11 is 0. The summed E-state index contributed by atoms with van der Waals surface area (Å²) in [5.41, 5.74) is 0.698. The lowest BCUT2D eigenvalue weighted by Gasteiger charge is -2.41. The first-order chi connectivity index (χ1) is 11.1. The average molecular weight is 322 g/mol. The van der Waals surface area contributed by atoms with Crippen molar-refractivity contribution in [2.75, 3.05) is 18.1 Å². The van der Waals surface area contributed by atoms with E-state index in [0.717, 1.165) is 0 Å². The minimum Gasteiger partial charge on any atom is -0.446 e. The van der Waals surface area contributed by atoms with Gasteiger partial charge in [0.25, 0.3) is 0 Å². The molecule has 3 rings (SSSR count). The zero-order valence-electron chi connectivity index (χ0n) is 12.9. The van der Waals surface area contributed by atoms with Crippen LogP contribution in [0.4, 0.5) is 14.9 Å². The summed E-state index contributed by atoms with van der Waals surface area (Å²) in [5, 5.41) is 0. The highest BCUT2D eigenvalue weighted by Gasteiger charge is 2.44. The molecule has 2 heterocycles. The minimum absolute atomic E-state index is 0.104. The summed E-state index contributed by atoms with van der Waals surface area (Å²) in [6.07, 6.45) is -2.13. The summed E-state index contributed by atoms with van der Waals surface area (Å²) in [6.45, 7) is 1.84. The number of halogens is 1. The van der Waals surface area contributed by atoms with Crippen LogP contribution < -0.4 is 4.90 Å². The molecule has 6 nitrogen and oxygen atoms in total. The van der Waals surface area contributed by atoms with Crippen LogP contribution in [0.2, 0.25) is 0 Å². The van der Waals surface area contributed by atoms with Gasteiger partial charge in [0.1, 0.15) is 18.9 Å². The second-order valence-corrected chi connectivity index (χ2v) is 5.69. The van der Waals surface area contributed by atoms with Gasteiger partial charge in [0, 0.05) is 25.6 Å². The normalized spacial score (nSPS) is 28.5. The molecule has 0 spiro atoms. The van der Waals surface area contributed by atoms with Crippen molar-refractivity contribution in [1.82, 2.24) is 4.90 Å². The molecule has 2 saturated heterocycles. The number of carbonyl (C=O) groups excluding carboxylic acids is 2. The summed E-state index contributed by atoms with van der Waals surface area (Å²) in [6, 6.07) is 9.13. The number of anilines is 1. The number of cyclic esters (lactones) is 1. The van der Waals surface area contributed by atoms with E-state index in [4.69, 9.17) is 9.47 Å². The SMILES string of the molecule is CC(=O)OC1CC(F)CCN1C1COC(=O)N1c1ccccc1. The first kappa shape index (κ1) is 15.7. The first-order valence-electron chi connectivity index (χ1n) is 7.64. The summed E-state index contributed by atoms with van der Waals surface area (Å²) in [7, 11) is 0. The quantitative estimate of drug-likeness (QED) is 0.799. The number of hydrogen-bond acceptors (Lipinski definition) is 5. The van der Waals surface area contributed by atoms with Gasteiger partial charge in [-0.05, 0) is 18.6 Å². The molecular formula is C16H19FN2O4. The highest BCUT2D eigenvalue weighted by molar-refractivity contribution is 5.90. The number of benzene rings is 1. The Morgan fingerprint density at radius 1 is 1.35 bits per heavy atom. The van der Waals surface area contributed by atoms with E-state index >= 15 is 0 Å². The van der Waals surface area contributed by atoms with E-state index in [1.807, 2.05) is 35.2 Å². The Morgan fingerprint density at radius 2 is 2.09 bits per heavy atom. The average Bonchev–Trinajstić information content (AvgIpc) is 2.89. The Labute approximate surface area is 133 Å². The lowest BCUT2D eigenvalue weighted by molar-refractivity contribution is -0.166. The van der Waals surface area contributed by atoms with Crippen molar-refractivity contribution in [3.63, 3.8) is 0 Å². The van der Waals surface area contributed by atoms with Crippen molar-refractivity contribution in [1.29, 1.82) is 0 Å². The second-order valence-electron chi connectivity index (χ2n) is 5.69. The van der Waals surface area contributed by atoms with Gasteiger partial charge in [0.05, 0.1) is 0 Å². The fourth-order valence-electron chi connectivity index (χ4n) is 3.08. The second kappa shape index (κ2) is 6.54. The molecule has 1 aromatic rings. The van der Waals surface area contributed by atoms with Crippen LogP contribution in [0.5, 0.6) is 0 Å². The zero-order chi connectivity index (χ0) is 16.4. The van der Waals surface area contributed by atoms with Crippen molar-refractivity contribution in [3.05, 3.63) is 30.3 Å². The third-order valence-corrected chi connectivity index (χ3v) is 4.10. The predicted octanol–water partition coefficient (Wildman–Crippen LogP) is 2.29. The zero-order valence-corrected chi connectivity index (χ0v) is 12.9. The van der Waals surface area contributed by atoms with Gasteiger partial charge in [-0.25, -0.2) is 14.1 Å². The van der Waals surface area contributed by atoms with Gasteiger partial charge in [-0.15, -0.1) is 0 Å². The third kappa shape index (κ3) is 3.29. The number of hydrogen-bond donors (Lipinski definition) is 0. The van der Waals surface area contributed by atoms with Crippen LogP contribution >= 0.6 is 0 Å². The van der Waals surface area contributed by atoms with Crippen LogP contribution in [-0.4, -0.2) is 48.7 Å². The fourth-order valence-corrected chi connectivity index (χ4v) is 3.08. The number of carbonyl (C=O) groups is 2. The number of amides is 1. The molecule has 1 aromatic carbocycles. The molecule has 2 aliphatic heterocycles. The monoisotopic (exact) mass is 322 g/mol. The molecule has 0 aromatic heterocycles. The molecule has 3 atom stereocenters. The molecule has 0 aliphatic carbocycles. The number of likely N-dealkylation sites (tertiary alicyclic amines) is 1. The van der Waals surface area contributed by atoms with Crippen molar-refractivity contribution in [2.24, 2.45) is 0 Å². The Morgan fingerprint density at radius 3 is 2.78 bits per heavy atom. The van der Waals surface area contributed by atoms with E-state index in [2.05, 4.69) is 0 Å². The number of piperidine rings is 1. The van der Waals surface area contributed by atoms with Gasteiger partial charge in [-0.2, -0.15) is 0 Å². The Kier molecular flexibility index (Phi) is 4.47. The lowest BCUT2D eigenvalue weighted by Crippen LogP contribution is -2.56. The van der Waals surface area contributed by atoms with Crippen molar-refractivity contribution < 1.29 is 23.5 Å². The van der Waals surface area contributed by atoms with Crippen molar-refractivity contribution in [2.45, 2.75) is 38.3 Å². The van der Waals surface area contributed by atoms with Gasteiger partial charge in [0.15, 0.2) is 6.23 Å². The first-order valence-corrected chi connectivity index (χ1v) is 7.64. The number of para-hydroxylation sites is 1. The van der Waals surface area contributed by atoms with Gasteiger partial charge in [0.2, 0.25) is 0 Å². The molecule has 0 radical (unpaired) electrons. The maximum absolute atomic E-state index is 13.7. The number of ether oxygens (including phenoxy) is 2. The molecular weight excluding hydrogens is 303 g/mol. The molecule has 3 unspecified atom stereocenters. The third-order valence-electron chi connectivity index (χ3n) is 4.10. The summed E-state index contributed by atoms with van der Waals surface area (Å²) in [5.74, 6) is -0.467. The van der Waals surface area contributed by atoms with Crippen LogP contribution in [0.15, 0.2) is 30.3 Å². The Hall–Kier alpha value is -2.15. The standard InChI is InChI=1S/C16H19FN2O4/c1-11(20)23-15-9-12(17)7-8-18(15)14-10-22-16(21)19(14)13-5-3-2-4-6-13/h2-6,12,14-15H,7-10H2,1H3. The summed E-state index contributed by atoms with van der Waals surface area (Å²) < 4.78 is 24.1. The van der Waals surface area contributed by atoms with E-state index in [1.165, 1.54) is 11.8 Å². The van der Waals surface area contributed by atoms with Crippen LogP contribution in [-0.2, 0) is 14.3 Å². The fraction of sp³-hybridized carbons (Fsp3) is 0.500. The molecule has 23 heavy (non-hydrogen) atoms. The van der Waals surface area contributed by atoms with E-state index in [1.54, 1.807) is 0 Å². The Balaban J connectivity index is 1.85. The van der Waals surface area contributed by atoms with Crippen LogP contribution in [0.3, 0.4) is 0 Å². The molecule has 0 bridgehead atoms. The van der Waals surface area contributed by atoms with E-state index < -0.39 is 30.6 Å². The molecule has 7 heteroatoms. The number of rotatable bonds is 3. The van der Waals surface area contributed by atoms with Gasteiger partial charge in [-0.3, -0.25) is 9.69 Å². The smallest absolute Gasteiger partial charge is 0.415 e. The highest BCUT2D eigenvalue weighted by atomic mass is 19.1. The molecule has 2 aliphatic rings. The predicted molar refractivity (Wildman–Crippen MR) is 80.4 cm³/mol. The van der Waals surface area contributed by atoms with E-state index in [9.17, 15) is 14.0 Å². The van der Waals surface area contributed by atoms with E-state index in [-0.39, 0.29) is 13.0 Å². The largest absolute Gasteiger partial charge is 0.446 e. The van der Waals surface area contributed by atoms with Crippen LogP contribution in [0.1, 0.15) is 19.8 Å². The maximum atomic E-state index is 13.7. The van der Waals surface area contributed by atoms with Gasteiger partial charge >= 0.3 is 12.1 Å². The highest BCUT2D eigenvalue weighted by Crippen LogP contribution is 2.30. The number of esters is 1. The molecule has 0 saturated carbocycles. The molecule has 124 valence electrons. The molecule has 0 N–H and O–H groups in total.